The van der Waals surface area contributed by atoms with Crippen molar-refractivity contribution < 1.29 is 13.9 Å². The monoisotopic (exact) mass is 366 g/mol. The molecule has 1 saturated heterocycles. The quantitative estimate of drug-likeness (QED) is 0.769. The molecule has 138 valence electrons. The van der Waals surface area contributed by atoms with E-state index < -0.39 is 0 Å². The smallest absolute Gasteiger partial charge is 0.251 e. The first-order chi connectivity index (χ1) is 13.2. The molecule has 0 spiro atoms. The summed E-state index contributed by atoms with van der Waals surface area (Å²) in [6.07, 6.45) is 1.54. The Kier molecular flexibility index (Phi) is 4.93. The fourth-order valence-corrected chi connectivity index (χ4v) is 3.10. The molecule has 1 aromatic heterocycles. The number of morpholine rings is 1. The first-order valence-electron chi connectivity index (χ1n) is 8.81. The number of hydrogen-bond donors (Lipinski definition) is 1. The van der Waals surface area contributed by atoms with Crippen molar-refractivity contribution in [1.82, 2.24) is 15.3 Å². The molecule has 1 aliphatic heterocycles. The largest absolute Gasteiger partial charge is 0.378 e. The van der Waals surface area contributed by atoms with Gasteiger partial charge in [0, 0.05) is 30.6 Å². The Bertz CT molecular complexity index is 956. The Hall–Kier alpha value is -3.06. The lowest BCUT2D eigenvalue weighted by Crippen LogP contribution is -2.36. The molecule has 2 aromatic carbocycles. The van der Waals surface area contributed by atoms with Crippen LogP contribution in [0.1, 0.15) is 15.9 Å². The Balaban J connectivity index is 1.56. The lowest BCUT2D eigenvalue weighted by atomic mass is 10.1. The van der Waals surface area contributed by atoms with Crippen LogP contribution >= 0.6 is 0 Å². The SMILES string of the molecule is O=C(NCc1ccc(F)cc1)c1ccc2ncnc(N3CCOCC3)c2c1. The van der Waals surface area contributed by atoms with Gasteiger partial charge in [-0.05, 0) is 35.9 Å². The van der Waals surface area contributed by atoms with E-state index in [0.29, 0.717) is 25.3 Å². The van der Waals surface area contributed by atoms with E-state index in [9.17, 15) is 9.18 Å². The number of anilines is 1. The van der Waals surface area contributed by atoms with Gasteiger partial charge < -0.3 is 15.0 Å². The van der Waals surface area contributed by atoms with Crippen molar-refractivity contribution in [2.75, 3.05) is 31.2 Å². The average molecular weight is 366 g/mol. The van der Waals surface area contributed by atoms with Crippen LogP contribution in [0.25, 0.3) is 10.9 Å². The summed E-state index contributed by atoms with van der Waals surface area (Å²) in [5.74, 6) is 0.324. The van der Waals surface area contributed by atoms with Gasteiger partial charge >= 0.3 is 0 Å². The van der Waals surface area contributed by atoms with Crippen molar-refractivity contribution in [3.05, 3.63) is 65.7 Å². The minimum Gasteiger partial charge on any atom is -0.378 e. The normalized spacial score (nSPS) is 14.3. The highest BCUT2D eigenvalue weighted by molar-refractivity contribution is 6.00. The van der Waals surface area contributed by atoms with Crippen LogP contribution in [-0.4, -0.2) is 42.2 Å². The number of carbonyl (C=O) groups is 1. The van der Waals surface area contributed by atoms with Gasteiger partial charge in [-0.25, -0.2) is 14.4 Å². The Morgan fingerprint density at radius 3 is 2.67 bits per heavy atom. The fourth-order valence-electron chi connectivity index (χ4n) is 3.10. The fraction of sp³-hybridized carbons (Fsp3) is 0.250. The molecule has 0 aliphatic carbocycles. The Morgan fingerprint density at radius 1 is 1.11 bits per heavy atom. The summed E-state index contributed by atoms with van der Waals surface area (Å²) in [7, 11) is 0. The second-order valence-electron chi connectivity index (χ2n) is 6.34. The van der Waals surface area contributed by atoms with Crippen molar-refractivity contribution >= 4 is 22.6 Å². The molecule has 3 aromatic rings. The zero-order valence-corrected chi connectivity index (χ0v) is 14.7. The number of fused-ring (bicyclic) bond motifs is 1. The van der Waals surface area contributed by atoms with Gasteiger partial charge in [-0.3, -0.25) is 4.79 Å². The summed E-state index contributed by atoms with van der Waals surface area (Å²) in [5.41, 5.74) is 2.17. The lowest BCUT2D eigenvalue weighted by molar-refractivity contribution is 0.0951. The maximum atomic E-state index is 13.0. The number of hydrogen-bond acceptors (Lipinski definition) is 5. The van der Waals surface area contributed by atoms with Gasteiger partial charge in [-0.15, -0.1) is 0 Å². The number of benzene rings is 2. The number of nitrogens with zero attached hydrogens (tertiary/aromatic N) is 3. The third-order valence-corrected chi connectivity index (χ3v) is 4.55. The average Bonchev–Trinajstić information content (AvgIpc) is 2.73. The van der Waals surface area contributed by atoms with Crippen LogP contribution in [0.3, 0.4) is 0 Å². The van der Waals surface area contributed by atoms with E-state index in [1.54, 1.807) is 24.5 Å². The number of aromatic nitrogens is 2. The maximum Gasteiger partial charge on any atom is 0.251 e. The van der Waals surface area contributed by atoms with Gasteiger partial charge in [0.1, 0.15) is 18.0 Å². The zero-order chi connectivity index (χ0) is 18.6. The molecule has 1 fully saturated rings. The van der Waals surface area contributed by atoms with Gasteiger partial charge in [0.05, 0.1) is 18.7 Å². The van der Waals surface area contributed by atoms with E-state index >= 15 is 0 Å². The summed E-state index contributed by atoms with van der Waals surface area (Å²) < 4.78 is 18.4. The highest BCUT2D eigenvalue weighted by Gasteiger charge is 2.17. The third kappa shape index (κ3) is 3.88. The molecule has 2 heterocycles. The first kappa shape index (κ1) is 17.4. The molecular weight excluding hydrogens is 347 g/mol. The summed E-state index contributed by atoms with van der Waals surface area (Å²) in [6, 6.07) is 11.5. The highest BCUT2D eigenvalue weighted by atomic mass is 19.1. The predicted octanol–water partition coefficient (Wildman–Crippen LogP) is 2.54. The van der Waals surface area contributed by atoms with Crippen LogP contribution in [-0.2, 0) is 11.3 Å². The molecule has 4 rings (SSSR count). The van der Waals surface area contributed by atoms with Crippen molar-refractivity contribution in [3.8, 4) is 0 Å². The summed E-state index contributed by atoms with van der Waals surface area (Å²) in [5, 5.41) is 3.70. The van der Waals surface area contributed by atoms with E-state index in [1.165, 1.54) is 12.1 Å². The van der Waals surface area contributed by atoms with Crippen molar-refractivity contribution in [2.45, 2.75) is 6.54 Å². The van der Waals surface area contributed by atoms with Crippen LogP contribution in [0.15, 0.2) is 48.8 Å². The maximum absolute atomic E-state index is 13.0. The molecule has 0 radical (unpaired) electrons. The first-order valence-corrected chi connectivity index (χ1v) is 8.81. The molecule has 0 bridgehead atoms. The van der Waals surface area contributed by atoms with Crippen LogP contribution in [0.5, 0.6) is 0 Å². The molecule has 0 saturated carbocycles. The second-order valence-corrected chi connectivity index (χ2v) is 6.34. The summed E-state index contributed by atoms with van der Waals surface area (Å²) in [4.78, 5) is 23.4. The van der Waals surface area contributed by atoms with Crippen LogP contribution < -0.4 is 10.2 Å². The molecule has 6 nitrogen and oxygen atoms in total. The van der Waals surface area contributed by atoms with Gasteiger partial charge in [0.25, 0.3) is 5.91 Å². The van der Waals surface area contributed by atoms with Gasteiger partial charge in [0.2, 0.25) is 0 Å². The van der Waals surface area contributed by atoms with E-state index in [0.717, 1.165) is 35.4 Å². The van der Waals surface area contributed by atoms with Crippen molar-refractivity contribution in [3.63, 3.8) is 0 Å². The van der Waals surface area contributed by atoms with Gasteiger partial charge in [-0.1, -0.05) is 12.1 Å². The molecule has 27 heavy (non-hydrogen) atoms. The minimum absolute atomic E-state index is 0.196. The van der Waals surface area contributed by atoms with Crippen LogP contribution in [0.2, 0.25) is 0 Å². The minimum atomic E-state index is -0.296. The van der Waals surface area contributed by atoms with E-state index in [1.807, 2.05) is 12.1 Å². The third-order valence-electron chi connectivity index (χ3n) is 4.55. The van der Waals surface area contributed by atoms with Gasteiger partial charge in [-0.2, -0.15) is 0 Å². The number of amides is 1. The van der Waals surface area contributed by atoms with Crippen molar-refractivity contribution in [1.29, 1.82) is 0 Å². The molecular formula is C20H19FN4O2. The Labute approximate surface area is 156 Å². The molecule has 7 heteroatoms. The number of nitrogens with one attached hydrogen (secondary N) is 1. The molecule has 1 amide bonds. The van der Waals surface area contributed by atoms with Crippen molar-refractivity contribution in [2.24, 2.45) is 0 Å². The van der Waals surface area contributed by atoms with E-state index in [2.05, 4.69) is 20.2 Å². The number of ether oxygens (including phenoxy) is 1. The molecule has 1 N–H and O–H groups in total. The lowest BCUT2D eigenvalue weighted by Gasteiger charge is -2.28. The number of halogens is 1. The van der Waals surface area contributed by atoms with Crippen LogP contribution in [0.4, 0.5) is 10.2 Å². The topological polar surface area (TPSA) is 67.4 Å². The molecule has 0 unspecified atom stereocenters. The number of carbonyl (C=O) groups excluding carboxylic acids is 1. The van der Waals surface area contributed by atoms with Crippen LogP contribution in [0, 0.1) is 5.82 Å². The summed E-state index contributed by atoms with van der Waals surface area (Å²) in [6.45, 7) is 3.16. The Morgan fingerprint density at radius 2 is 1.89 bits per heavy atom. The molecule has 0 atom stereocenters. The van der Waals surface area contributed by atoms with E-state index in [4.69, 9.17) is 4.74 Å². The second kappa shape index (κ2) is 7.67. The van der Waals surface area contributed by atoms with E-state index in [-0.39, 0.29) is 11.7 Å². The van der Waals surface area contributed by atoms with Gasteiger partial charge in [0.15, 0.2) is 0 Å². The standard InChI is InChI=1S/C20H19FN4O2/c21-16-4-1-14(2-5-16)12-22-20(26)15-3-6-18-17(11-15)19(24-13-23-18)25-7-9-27-10-8-25/h1-6,11,13H,7-10,12H2,(H,22,26). The summed E-state index contributed by atoms with van der Waals surface area (Å²) >= 11 is 0. The highest BCUT2D eigenvalue weighted by Crippen LogP contribution is 2.24. The molecule has 1 aliphatic rings. The zero-order valence-electron chi connectivity index (χ0n) is 14.7. The predicted molar refractivity (Wildman–Crippen MR) is 100 cm³/mol. The number of rotatable bonds is 4.